The fraction of sp³-hybridized carbons (Fsp3) is 0.625. The van der Waals surface area contributed by atoms with Crippen molar-refractivity contribution in [2.24, 2.45) is 0 Å². The number of rotatable bonds is 4. The molecule has 3 nitrogen and oxygen atoms in total. The molecule has 1 aromatic rings. The monoisotopic (exact) mass is 262 g/mol. The van der Waals surface area contributed by atoms with Crippen LogP contribution in [-0.4, -0.2) is 44.2 Å². The summed E-state index contributed by atoms with van der Waals surface area (Å²) in [5.74, 6) is 1.02. The van der Waals surface area contributed by atoms with E-state index in [0.29, 0.717) is 6.04 Å². The van der Waals surface area contributed by atoms with Gasteiger partial charge in [-0.25, -0.2) is 0 Å². The quantitative estimate of drug-likeness (QED) is 0.901. The summed E-state index contributed by atoms with van der Waals surface area (Å²) in [6.07, 6.45) is 3.56. The van der Waals surface area contributed by atoms with Gasteiger partial charge >= 0.3 is 0 Å². The predicted octanol–water partition coefficient (Wildman–Crippen LogP) is 2.31. The average molecular weight is 262 g/mol. The lowest BCUT2D eigenvalue weighted by Crippen LogP contribution is -2.39. The summed E-state index contributed by atoms with van der Waals surface area (Å²) < 4.78 is 5.42. The number of benzene rings is 1. The molecule has 1 saturated heterocycles. The summed E-state index contributed by atoms with van der Waals surface area (Å²) in [7, 11) is 1.75. The minimum Gasteiger partial charge on any atom is -0.496 e. The van der Waals surface area contributed by atoms with Crippen LogP contribution in [0, 0.1) is 0 Å². The first kappa shape index (κ1) is 14.4. The highest BCUT2D eigenvalue weighted by atomic mass is 16.5. The molecular weight excluding hydrogens is 236 g/mol. The van der Waals surface area contributed by atoms with Crippen molar-refractivity contribution in [2.75, 3.05) is 33.3 Å². The summed E-state index contributed by atoms with van der Waals surface area (Å²) >= 11 is 0. The van der Waals surface area contributed by atoms with Gasteiger partial charge in [0.25, 0.3) is 0 Å². The molecule has 0 spiro atoms. The number of nitrogens with one attached hydrogen (secondary N) is 1. The van der Waals surface area contributed by atoms with Gasteiger partial charge in [0, 0.05) is 12.6 Å². The van der Waals surface area contributed by atoms with Crippen molar-refractivity contribution in [3.63, 3.8) is 0 Å². The van der Waals surface area contributed by atoms with Crippen LogP contribution in [0.4, 0.5) is 0 Å². The molecule has 0 aromatic heterocycles. The number of para-hydroxylation sites is 1. The van der Waals surface area contributed by atoms with Gasteiger partial charge in [0.2, 0.25) is 0 Å². The first-order valence-corrected chi connectivity index (χ1v) is 7.37. The van der Waals surface area contributed by atoms with Crippen molar-refractivity contribution >= 4 is 0 Å². The lowest BCUT2D eigenvalue weighted by molar-refractivity contribution is 0.239. The van der Waals surface area contributed by atoms with Gasteiger partial charge in [-0.2, -0.15) is 0 Å². The molecule has 0 radical (unpaired) electrons. The van der Waals surface area contributed by atoms with E-state index in [-0.39, 0.29) is 0 Å². The van der Waals surface area contributed by atoms with Crippen LogP contribution >= 0.6 is 0 Å². The molecule has 106 valence electrons. The van der Waals surface area contributed by atoms with Crippen molar-refractivity contribution in [2.45, 2.75) is 32.2 Å². The molecule has 1 aliphatic heterocycles. The van der Waals surface area contributed by atoms with E-state index in [1.165, 1.54) is 31.5 Å². The number of nitrogens with zero attached hydrogens (tertiary/aromatic N) is 1. The third-order valence-electron chi connectivity index (χ3n) is 3.91. The molecule has 2 rings (SSSR count). The third kappa shape index (κ3) is 4.51. The zero-order valence-corrected chi connectivity index (χ0v) is 12.2. The van der Waals surface area contributed by atoms with Crippen molar-refractivity contribution in [1.82, 2.24) is 10.2 Å². The standard InChI is InChI=1S/C16H26N2O/c1-14-8-12-18(11-5-10-17-14)13-9-15-6-3-4-7-16(15)19-2/h3-4,6-7,14,17H,5,8-13H2,1-2H3. The number of hydrogen-bond acceptors (Lipinski definition) is 3. The Hall–Kier alpha value is -1.06. The molecule has 1 unspecified atom stereocenters. The zero-order valence-electron chi connectivity index (χ0n) is 12.2. The lowest BCUT2D eigenvalue weighted by atomic mass is 10.1. The summed E-state index contributed by atoms with van der Waals surface area (Å²) in [6.45, 7) is 6.96. The highest BCUT2D eigenvalue weighted by Crippen LogP contribution is 2.18. The number of methoxy groups -OCH3 is 1. The molecule has 19 heavy (non-hydrogen) atoms. The maximum atomic E-state index is 5.42. The van der Waals surface area contributed by atoms with E-state index in [4.69, 9.17) is 4.74 Å². The Labute approximate surface area is 116 Å². The second kappa shape index (κ2) is 7.51. The van der Waals surface area contributed by atoms with Crippen LogP contribution in [0.2, 0.25) is 0 Å². The largest absolute Gasteiger partial charge is 0.496 e. The fourth-order valence-electron chi connectivity index (χ4n) is 2.65. The molecule has 1 N–H and O–H groups in total. The van der Waals surface area contributed by atoms with Gasteiger partial charge in [0.1, 0.15) is 5.75 Å². The summed E-state index contributed by atoms with van der Waals surface area (Å²) in [4.78, 5) is 2.59. The van der Waals surface area contributed by atoms with E-state index in [0.717, 1.165) is 25.3 Å². The smallest absolute Gasteiger partial charge is 0.122 e. The van der Waals surface area contributed by atoms with Crippen LogP contribution in [0.5, 0.6) is 5.75 Å². The molecule has 1 fully saturated rings. The normalized spacial score (nSPS) is 21.7. The van der Waals surface area contributed by atoms with Crippen LogP contribution < -0.4 is 10.1 Å². The molecule has 1 atom stereocenters. The zero-order chi connectivity index (χ0) is 13.5. The molecule has 0 amide bonds. The highest BCUT2D eigenvalue weighted by Gasteiger charge is 2.12. The maximum Gasteiger partial charge on any atom is 0.122 e. The lowest BCUT2D eigenvalue weighted by Gasteiger charge is -2.27. The van der Waals surface area contributed by atoms with Crippen LogP contribution in [0.15, 0.2) is 24.3 Å². The molecule has 1 aromatic carbocycles. The Kier molecular flexibility index (Phi) is 5.67. The SMILES string of the molecule is COc1ccccc1CCN1CCCNC(C)CC1. The van der Waals surface area contributed by atoms with Crippen molar-refractivity contribution in [1.29, 1.82) is 0 Å². The molecular formula is C16H26N2O. The number of ether oxygens (including phenoxy) is 1. The molecule has 3 heteroatoms. The predicted molar refractivity (Wildman–Crippen MR) is 79.8 cm³/mol. The summed E-state index contributed by atoms with van der Waals surface area (Å²) in [6, 6.07) is 9.00. The van der Waals surface area contributed by atoms with Gasteiger partial charge in [0.15, 0.2) is 0 Å². The highest BCUT2D eigenvalue weighted by molar-refractivity contribution is 5.33. The minimum atomic E-state index is 0.647. The summed E-state index contributed by atoms with van der Waals surface area (Å²) in [5, 5.41) is 3.55. The third-order valence-corrected chi connectivity index (χ3v) is 3.91. The van der Waals surface area contributed by atoms with Gasteiger partial charge in [0.05, 0.1) is 7.11 Å². The Morgan fingerprint density at radius 2 is 2.16 bits per heavy atom. The molecule has 1 heterocycles. The molecule has 0 aliphatic carbocycles. The first-order valence-electron chi connectivity index (χ1n) is 7.37. The maximum absolute atomic E-state index is 5.42. The van der Waals surface area contributed by atoms with E-state index < -0.39 is 0 Å². The summed E-state index contributed by atoms with van der Waals surface area (Å²) in [5.41, 5.74) is 1.32. The van der Waals surface area contributed by atoms with Gasteiger partial charge in [-0.3, -0.25) is 0 Å². The second-order valence-electron chi connectivity index (χ2n) is 5.40. The molecule has 0 bridgehead atoms. The molecule has 0 saturated carbocycles. The van der Waals surface area contributed by atoms with Gasteiger partial charge in [-0.05, 0) is 57.5 Å². The van der Waals surface area contributed by atoms with E-state index in [9.17, 15) is 0 Å². The first-order chi connectivity index (χ1) is 9.29. The van der Waals surface area contributed by atoms with E-state index in [2.05, 4.69) is 35.3 Å². The van der Waals surface area contributed by atoms with Crippen molar-refractivity contribution in [3.8, 4) is 5.75 Å². The fourth-order valence-corrected chi connectivity index (χ4v) is 2.65. The van der Waals surface area contributed by atoms with E-state index in [1.807, 2.05) is 6.07 Å². The van der Waals surface area contributed by atoms with Crippen LogP contribution in [0.3, 0.4) is 0 Å². The Balaban J connectivity index is 1.86. The Morgan fingerprint density at radius 3 is 3.00 bits per heavy atom. The van der Waals surface area contributed by atoms with Crippen molar-refractivity contribution in [3.05, 3.63) is 29.8 Å². The van der Waals surface area contributed by atoms with Crippen LogP contribution in [-0.2, 0) is 6.42 Å². The Morgan fingerprint density at radius 1 is 1.32 bits per heavy atom. The van der Waals surface area contributed by atoms with E-state index >= 15 is 0 Å². The Bertz CT molecular complexity index is 381. The second-order valence-corrected chi connectivity index (χ2v) is 5.40. The van der Waals surface area contributed by atoms with Crippen molar-refractivity contribution < 1.29 is 4.74 Å². The van der Waals surface area contributed by atoms with Gasteiger partial charge in [-0.1, -0.05) is 18.2 Å². The topological polar surface area (TPSA) is 24.5 Å². The van der Waals surface area contributed by atoms with Gasteiger partial charge < -0.3 is 15.0 Å². The molecule has 1 aliphatic rings. The minimum absolute atomic E-state index is 0.647. The van der Waals surface area contributed by atoms with E-state index in [1.54, 1.807) is 7.11 Å². The van der Waals surface area contributed by atoms with Gasteiger partial charge in [-0.15, -0.1) is 0 Å². The van der Waals surface area contributed by atoms with Crippen LogP contribution in [0.25, 0.3) is 0 Å². The number of hydrogen-bond donors (Lipinski definition) is 1. The average Bonchev–Trinajstić information content (AvgIpc) is 2.43. The van der Waals surface area contributed by atoms with Crippen LogP contribution in [0.1, 0.15) is 25.3 Å².